The van der Waals surface area contributed by atoms with Crippen molar-refractivity contribution in [1.29, 1.82) is 0 Å². The zero-order valence-electron chi connectivity index (χ0n) is 16.3. The van der Waals surface area contributed by atoms with Crippen LogP contribution in [-0.2, 0) is 6.54 Å². The van der Waals surface area contributed by atoms with Crippen molar-refractivity contribution >= 4 is 18.0 Å². The highest BCUT2D eigenvalue weighted by molar-refractivity contribution is 6.09. The number of anilines is 1. The van der Waals surface area contributed by atoms with Crippen LogP contribution in [0.5, 0.6) is 11.5 Å². The van der Waals surface area contributed by atoms with Gasteiger partial charge in [0.1, 0.15) is 11.5 Å². The molecule has 1 aliphatic rings. The first-order valence-corrected chi connectivity index (χ1v) is 9.62. The van der Waals surface area contributed by atoms with E-state index in [0.717, 1.165) is 23.6 Å². The van der Waals surface area contributed by atoms with Gasteiger partial charge in [-0.05, 0) is 43.0 Å². The van der Waals surface area contributed by atoms with Crippen LogP contribution in [0.15, 0.2) is 71.7 Å². The number of carbonyl (C=O) groups is 2. The third-order valence-corrected chi connectivity index (χ3v) is 4.56. The van der Waals surface area contributed by atoms with Gasteiger partial charge in [-0.15, -0.1) is 0 Å². The smallest absolute Gasteiger partial charge is 0.410 e. The second-order valence-corrected chi connectivity index (χ2v) is 6.99. The Morgan fingerprint density at radius 3 is 1.97 bits per heavy atom. The van der Waals surface area contributed by atoms with Crippen LogP contribution in [-0.4, -0.2) is 21.7 Å². The molecule has 0 bridgehead atoms. The summed E-state index contributed by atoms with van der Waals surface area (Å²) in [6, 6.07) is 15.8. The average molecular weight is 423 g/mol. The summed E-state index contributed by atoms with van der Waals surface area (Å²) in [5.74, 6) is -1.29. The second-order valence-electron chi connectivity index (χ2n) is 6.99. The summed E-state index contributed by atoms with van der Waals surface area (Å²) in [7, 11) is 0. The van der Waals surface area contributed by atoms with E-state index in [0.29, 0.717) is 12.5 Å². The van der Waals surface area contributed by atoms with Crippen molar-refractivity contribution in [2.24, 2.45) is 5.92 Å². The fraction of sp³-hybridized carbons (Fsp3) is 0.182. The molecule has 0 spiro atoms. The molecule has 1 aliphatic carbocycles. The van der Waals surface area contributed by atoms with Crippen molar-refractivity contribution in [3.8, 4) is 11.5 Å². The standard InChI is InChI=1S/C22H18FN3O5/c23-18-14-25(13-15-11-12-15)20(27)24-19(18)26(21(28)30-16-7-3-1-4-8-16)22(29)31-17-9-5-2-6-10-17/h1-10,14-15H,11-13H2. The van der Waals surface area contributed by atoms with Crippen LogP contribution in [0, 0.1) is 11.7 Å². The summed E-state index contributed by atoms with van der Waals surface area (Å²) in [5, 5.41) is 0. The van der Waals surface area contributed by atoms with Crippen molar-refractivity contribution in [2.45, 2.75) is 19.4 Å². The summed E-state index contributed by atoms with van der Waals surface area (Å²) >= 11 is 0. The van der Waals surface area contributed by atoms with Crippen LogP contribution >= 0.6 is 0 Å². The van der Waals surface area contributed by atoms with E-state index in [1.807, 2.05) is 0 Å². The van der Waals surface area contributed by atoms with Crippen molar-refractivity contribution in [1.82, 2.24) is 9.55 Å². The molecule has 0 saturated heterocycles. The van der Waals surface area contributed by atoms with Gasteiger partial charge in [-0.2, -0.15) is 9.88 Å². The Labute approximate surface area is 176 Å². The van der Waals surface area contributed by atoms with E-state index < -0.39 is 29.5 Å². The van der Waals surface area contributed by atoms with Gasteiger partial charge in [-0.1, -0.05) is 36.4 Å². The molecule has 2 aromatic carbocycles. The maximum Gasteiger partial charge on any atom is 0.430 e. The molecule has 0 atom stereocenters. The Balaban J connectivity index is 1.67. The first-order chi connectivity index (χ1) is 15.0. The number of hydrogen-bond donors (Lipinski definition) is 0. The molecule has 4 rings (SSSR count). The maximum absolute atomic E-state index is 14.9. The van der Waals surface area contributed by atoms with E-state index >= 15 is 0 Å². The number of aromatic nitrogens is 2. The third-order valence-electron chi connectivity index (χ3n) is 4.56. The Morgan fingerprint density at radius 2 is 1.48 bits per heavy atom. The van der Waals surface area contributed by atoms with Crippen molar-refractivity contribution < 1.29 is 23.5 Å². The van der Waals surface area contributed by atoms with E-state index in [4.69, 9.17) is 9.47 Å². The first kappa shape index (κ1) is 20.3. The van der Waals surface area contributed by atoms with E-state index in [1.54, 1.807) is 36.4 Å². The van der Waals surface area contributed by atoms with E-state index in [1.165, 1.54) is 24.3 Å². The Bertz CT molecular complexity index is 1090. The molecule has 9 heteroatoms. The maximum atomic E-state index is 14.9. The van der Waals surface area contributed by atoms with Gasteiger partial charge < -0.3 is 9.47 Å². The summed E-state index contributed by atoms with van der Waals surface area (Å²) in [6.45, 7) is 0.325. The van der Waals surface area contributed by atoms with Crippen LogP contribution in [0.3, 0.4) is 0 Å². The van der Waals surface area contributed by atoms with Crippen LogP contribution in [0.1, 0.15) is 12.8 Å². The molecule has 158 valence electrons. The highest BCUT2D eigenvalue weighted by Gasteiger charge is 2.33. The molecule has 8 nitrogen and oxygen atoms in total. The van der Waals surface area contributed by atoms with Gasteiger partial charge in [-0.3, -0.25) is 4.57 Å². The number of benzene rings is 2. The summed E-state index contributed by atoms with van der Waals surface area (Å²) < 4.78 is 26.3. The van der Waals surface area contributed by atoms with Gasteiger partial charge in [0.25, 0.3) is 0 Å². The average Bonchev–Trinajstić information content (AvgIpc) is 3.57. The van der Waals surface area contributed by atoms with Crippen molar-refractivity contribution in [2.75, 3.05) is 4.90 Å². The number of rotatable bonds is 5. The Kier molecular flexibility index (Phi) is 5.74. The van der Waals surface area contributed by atoms with Gasteiger partial charge in [0.05, 0.1) is 0 Å². The molecule has 1 saturated carbocycles. The molecular weight excluding hydrogens is 405 g/mol. The van der Waals surface area contributed by atoms with Gasteiger partial charge in [-0.25, -0.2) is 18.8 Å². The molecule has 0 N–H and O–H groups in total. The number of ether oxygens (including phenoxy) is 2. The van der Waals surface area contributed by atoms with E-state index in [9.17, 15) is 18.8 Å². The predicted octanol–water partition coefficient (Wildman–Crippen LogP) is 4.00. The van der Waals surface area contributed by atoms with E-state index in [2.05, 4.69) is 4.98 Å². The first-order valence-electron chi connectivity index (χ1n) is 9.62. The summed E-state index contributed by atoms with van der Waals surface area (Å²) in [5.41, 5.74) is -0.784. The lowest BCUT2D eigenvalue weighted by Crippen LogP contribution is -2.43. The lowest BCUT2D eigenvalue weighted by atomic mass is 10.3. The minimum absolute atomic E-state index is 0.118. The number of imide groups is 1. The molecule has 0 unspecified atom stereocenters. The minimum Gasteiger partial charge on any atom is -0.410 e. The van der Waals surface area contributed by atoms with Gasteiger partial charge in [0.2, 0.25) is 0 Å². The molecule has 0 radical (unpaired) electrons. The summed E-state index contributed by atoms with van der Waals surface area (Å²) in [4.78, 5) is 41.8. The third kappa shape index (κ3) is 4.95. The van der Waals surface area contributed by atoms with Crippen LogP contribution in [0.4, 0.5) is 19.8 Å². The molecule has 2 amide bonds. The lowest BCUT2D eigenvalue weighted by molar-refractivity contribution is 0.190. The Hall–Kier alpha value is -4.01. The zero-order valence-corrected chi connectivity index (χ0v) is 16.3. The number of para-hydroxylation sites is 2. The molecular formula is C22H18FN3O5. The van der Waals surface area contributed by atoms with Crippen molar-refractivity contribution in [3.63, 3.8) is 0 Å². The molecule has 1 heterocycles. The molecule has 1 aromatic heterocycles. The topological polar surface area (TPSA) is 90.7 Å². The largest absolute Gasteiger partial charge is 0.430 e. The zero-order chi connectivity index (χ0) is 21.8. The quantitative estimate of drug-likeness (QED) is 0.616. The van der Waals surface area contributed by atoms with Gasteiger partial charge >= 0.3 is 17.9 Å². The van der Waals surface area contributed by atoms with Crippen molar-refractivity contribution in [3.05, 3.63) is 83.2 Å². The normalized spacial score (nSPS) is 12.8. The fourth-order valence-corrected chi connectivity index (χ4v) is 2.84. The fourth-order valence-electron chi connectivity index (χ4n) is 2.84. The highest BCUT2D eigenvalue weighted by Crippen LogP contribution is 2.30. The number of carbonyl (C=O) groups excluding carboxylic acids is 2. The SMILES string of the molecule is O=C(Oc1ccccc1)N(C(=O)Oc1ccccc1)c1nc(=O)n(CC2CC2)cc1F. The predicted molar refractivity (Wildman–Crippen MR) is 109 cm³/mol. The number of halogens is 1. The van der Waals surface area contributed by atoms with Crippen LogP contribution in [0.2, 0.25) is 0 Å². The number of nitrogens with zero attached hydrogens (tertiary/aromatic N) is 3. The Morgan fingerprint density at radius 1 is 0.968 bits per heavy atom. The molecule has 1 fully saturated rings. The van der Waals surface area contributed by atoms with Crippen LogP contribution < -0.4 is 20.1 Å². The molecule has 0 aliphatic heterocycles. The molecule has 3 aromatic rings. The minimum atomic E-state index is -1.27. The van der Waals surface area contributed by atoms with Gasteiger partial charge in [0.15, 0.2) is 11.6 Å². The van der Waals surface area contributed by atoms with Crippen LogP contribution in [0.25, 0.3) is 0 Å². The van der Waals surface area contributed by atoms with Gasteiger partial charge in [0, 0.05) is 12.7 Å². The molecule has 31 heavy (non-hydrogen) atoms. The number of hydrogen-bond acceptors (Lipinski definition) is 6. The monoisotopic (exact) mass is 423 g/mol. The summed E-state index contributed by atoms with van der Waals surface area (Å²) in [6.07, 6.45) is 0.307. The van der Waals surface area contributed by atoms with E-state index in [-0.39, 0.29) is 16.4 Å². The number of amides is 2. The lowest BCUT2D eigenvalue weighted by Gasteiger charge is -2.19. The second kappa shape index (κ2) is 8.78. The highest BCUT2D eigenvalue weighted by atomic mass is 19.1.